The van der Waals surface area contributed by atoms with E-state index in [2.05, 4.69) is 5.10 Å². The molecule has 0 fully saturated rings. The van der Waals surface area contributed by atoms with E-state index < -0.39 is 6.10 Å². The van der Waals surface area contributed by atoms with Crippen molar-refractivity contribution in [3.05, 3.63) is 11.8 Å². The second-order valence-electron chi connectivity index (χ2n) is 2.32. The lowest BCUT2D eigenvalue weighted by molar-refractivity contribution is 0.200. The van der Waals surface area contributed by atoms with Crippen LogP contribution in [0.1, 0.15) is 18.6 Å². The number of hydrogen-bond acceptors (Lipinski definition) is 3. The van der Waals surface area contributed by atoms with E-state index in [-0.39, 0.29) is 0 Å². The monoisotopic (exact) mass is 141 g/mol. The van der Waals surface area contributed by atoms with Gasteiger partial charge < -0.3 is 10.8 Å². The molecule has 56 valence electrons. The molecule has 1 aromatic heterocycles. The van der Waals surface area contributed by atoms with E-state index in [1.165, 1.54) is 0 Å². The molecule has 1 aromatic rings. The lowest BCUT2D eigenvalue weighted by atomic mass is 10.2. The molecule has 0 bridgehead atoms. The Morgan fingerprint density at radius 2 is 2.40 bits per heavy atom. The second-order valence-corrected chi connectivity index (χ2v) is 2.32. The van der Waals surface area contributed by atoms with Gasteiger partial charge in [0.2, 0.25) is 0 Å². The van der Waals surface area contributed by atoms with Gasteiger partial charge in [-0.3, -0.25) is 4.68 Å². The van der Waals surface area contributed by atoms with Crippen LogP contribution in [0.4, 0.5) is 5.82 Å². The average Bonchev–Trinajstić information content (AvgIpc) is 2.10. The number of aryl methyl sites for hydroxylation is 1. The Kier molecular flexibility index (Phi) is 1.63. The molecule has 0 saturated heterocycles. The van der Waals surface area contributed by atoms with Crippen molar-refractivity contribution >= 4 is 5.82 Å². The summed E-state index contributed by atoms with van der Waals surface area (Å²) in [4.78, 5) is 0. The number of hydrogen-bond donors (Lipinski definition) is 2. The standard InChI is InChI=1S/C6H11N3O/c1-4(10)5-3-9(2)8-6(5)7/h3-4,10H,1-2H3,(H2,7,8). The third-order valence-electron chi connectivity index (χ3n) is 1.34. The van der Waals surface area contributed by atoms with Crippen LogP contribution in [0.3, 0.4) is 0 Å². The molecule has 0 aliphatic carbocycles. The van der Waals surface area contributed by atoms with Crippen LogP contribution in [0.15, 0.2) is 6.20 Å². The molecule has 0 aliphatic rings. The highest BCUT2D eigenvalue weighted by atomic mass is 16.3. The third-order valence-corrected chi connectivity index (χ3v) is 1.34. The van der Waals surface area contributed by atoms with Gasteiger partial charge in [0.25, 0.3) is 0 Å². The summed E-state index contributed by atoms with van der Waals surface area (Å²) >= 11 is 0. The number of rotatable bonds is 1. The smallest absolute Gasteiger partial charge is 0.151 e. The minimum Gasteiger partial charge on any atom is -0.389 e. The number of nitrogens with two attached hydrogens (primary N) is 1. The van der Waals surface area contributed by atoms with Crippen LogP contribution in [0.5, 0.6) is 0 Å². The second kappa shape index (κ2) is 2.30. The van der Waals surface area contributed by atoms with Crippen LogP contribution in [-0.4, -0.2) is 14.9 Å². The molecule has 4 nitrogen and oxygen atoms in total. The van der Waals surface area contributed by atoms with Crippen LogP contribution >= 0.6 is 0 Å². The van der Waals surface area contributed by atoms with Crippen LogP contribution in [0.2, 0.25) is 0 Å². The first-order valence-corrected chi connectivity index (χ1v) is 3.08. The Morgan fingerprint density at radius 1 is 1.80 bits per heavy atom. The zero-order chi connectivity index (χ0) is 7.72. The Balaban J connectivity index is 3.03. The maximum Gasteiger partial charge on any atom is 0.151 e. The molecule has 4 heteroatoms. The molecule has 1 rings (SSSR count). The van der Waals surface area contributed by atoms with E-state index >= 15 is 0 Å². The van der Waals surface area contributed by atoms with Gasteiger partial charge in [-0.15, -0.1) is 0 Å². The van der Waals surface area contributed by atoms with Crippen molar-refractivity contribution in [2.24, 2.45) is 7.05 Å². The first kappa shape index (κ1) is 7.08. The summed E-state index contributed by atoms with van der Waals surface area (Å²) < 4.78 is 1.58. The minimum atomic E-state index is -0.534. The molecule has 0 spiro atoms. The quantitative estimate of drug-likeness (QED) is 0.581. The Labute approximate surface area is 59.3 Å². The van der Waals surface area contributed by atoms with E-state index in [1.54, 1.807) is 24.9 Å². The minimum absolute atomic E-state index is 0.400. The molecule has 0 aliphatic heterocycles. The van der Waals surface area contributed by atoms with Crippen LogP contribution in [0.25, 0.3) is 0 Å². The molecule has 1 atom stereocenters. The lowest BCUT2D eigenvalue weighted by Gasteiger charge is -1.98. The highest BCUT2D eigenvalue weighted by molar-refractivity contribution is 5.38. The Hall–Kier alpha value is -1.03. The maximum absolute atomic E-state index is 9.08. The van der Waals surface area contributed by atoms with Crippen LogP contribution < -0.4 is 5.73 Å². The molecule has 3 N–H and O–H groups in total. The highest BCUT2D eigenvalue weighted by Crippen LogP contribution is 2.16. The van der Waals surface area contributed by atoms with Gasteiger partial charge in [-0.05, 0) is 6.92 Å². The van der Waals surface area contributed by atoms with Crippen molar-refractivity contribution in [3.63, 3.8) is 0 Å². The Morgan fingerprint density at radius 3 is 2.60 bits per heavy atom. The summed E-state index contributed by atoms with van der Waals surface area (Å²) in [5, 5.41) is 13.0. The lowest BCUT2D eigenvalue weighted by Crippen LogP contribution is -1.95. The van der Waals surface area contributed by atoms with Crippen molar-refractivity contribution in [2.75, 3.05) is 5.73 Å². The fourth-order valence-corrected chi connectivity index (χ4v) is 0.846. The van der Waals surface area contributed by atoms with Gasteiger partial charge in [0.1, 0.15) is 0 Å². The molecule has 1 unspecified atom stereocenters. The SMILES string of the molecule is CC(O)c1cn(C)nc1N. The fourth-order valence-electron chi connectivity index (χ4n) is 0.846. The van der Waals surface area contributed by atoms with Gasteiger partial charge in [0.05, 0.1) is 6.10 Å². The van der Waals surface area contributed by atoms with Gasteiger partial charge in [-0.1, -0.05) is 0 Å². The molecule has 0 amide bonds. The number of anilines is 1. The van der Waals surface area contributed by atoms with Gasteiger partial charge in [0, 0.05) is 18.8 Å². The van der Waals surface area contributed by atoms with Crippen molar-refractivity contribution in [2.45, 2.75) is 13.0 Å². The highest BCUT2D eigenvalue weighted by Gasteiger charge is 2.07. The first-order valence-electron chi connectivity index (χ1n) is 3.08. The molecule has 1 heterocycles. The van der Waals surface area contributed by atoms with Crippen molar-refractivity contribution in [3.8, 4) is 0 Å². The molecule has 0 radical (unpaired) electrons. The molecular formula is C6H11N3O. The van der Waals surface area contributed by atoms with Crippen molar-refractivity contribution in [1.29, 1.82) is 0 Å². The molecule has 10 heavy (non-hydrogen) atoms. The predicted molar refractivity (Wildman–Crippen MR) is 38.3 cm³/mol. The van der Waals surface area contributed by atoms with Gasteiger partial charge in [0.15, 0.2) is 5.82 Å². The number of aliphatic hydroxyl groups excluding tert-OH is 1. The van der Waals surface area contributed by atoms with E-state index in [4.69, 9.17) is 10.8 Å². The number of aromatic nitrogens is 2. The molecule has 0 aromatic carbocycles. The summed E-state index contributed by atoms with van der Waals surface area (Å²) in [7, 11) is 1.77. The zero-order valence-corrected chi connectivity index (χ0v) is 6.07. The van der Waals surface area contributed by atoms with E-state index in [9.17, 15) is 0 Å². The zero-order valence-electron chi connectivity index (χ0n) is 6.07. The summed E-state index contributed by atoms with van der Waals surface area (Å²) in [6.07, 6.45) is 1.17. The van der Waals surface area contributed by atoms with Gasteiger partial charge in [-0.25, -0.2) is 0 Å². The van der Waals surface area contributed by atoms with Gasteiger partial charge >= 0.3 is 0 Å². The van der Waals surface area contributed by atoms with Gasteiger partial charge in [-0.2, -0.15) is 5.10 Å². The average molecular weight is 141 g/mol. The topological polar surface area (TPSA) is 64.1 Å². The number of aliphatic hydroxyl groups is 1. The maximum atomic E-state index is 9.08. The van der Waals surface area contributed by atoms with E-state index in [0.29, 0.717) is 11.4 Å². The van der Waals surface area contributed by atoms with Crippen LogP contribution in [-0.2, 0) is 7.05 Å². The number of nitrogens with zero attached hydrogens (tertiary/aromatic N) is 2. The van der Waals surface area contributed by atoms with Crippen LogP contribution in [0, 0.1) is 0 Å². The van der Waals surface area contributed by atoms with E-state index in [0.717, 1.165) is 0 Å². The normalized spacial score (nSPS) is 13.5. The molecule has 0 saturated carbocycles. The number of nitrogen functional groups attached to an aromatic ring is 1. The Bertz CT molecular complexity index is 229. The summed E-state index contributed by atoms with van der Waals surface area (Å²) in [6, 6.07) is 0. The first-order chi connectivity index (χ1) is 4.61. The molecular weight excluding hydrogens is 130 g/mol. The predicted octanol–water partition coefficient (Wildman–Crippen LogP) is 0.0556. The van der Waals surface area contributed by atoms with E-state index in [1.807, 2.05) is 0 Å². The largest absolute Gasteiger partial charge is 0.389 e. The fraction of sp³-hybridized carbons (Fsp3) is 0.500. The summed E-state index contributed by atoms with van der Waals surface area (Å²) in [5.41, 5.74) is 6.13. The summed E-state index contributed by atoms with van der Waals surface area (Å²) in [6.45, 7) is 1.66. The third kappa shape index (κ3) is 1.11. The van der Waals surface area contributed by atoms with Crippen molar-refractivity contribution < 1.29 is 5.11 Å². The van der Waals surface area contributed by atoms with Crippen molar-refractivity contribution in [1.82, 2.24) is 9.78 Å². The summed E-state index contributed by atoms with van der Waals surface area (Å²) in [5.74, 6) is 0.400.